The van der Waals surface area contributed by atoms with Crippen molar-refractivity contribution in [1.82, 2.24) is 0 Å². The van der Waals surface area contributed by atoms with Crippen LogP contribution in [0.3, 0.4) is 0 Å². The van der Waals surface area contributed by atoms with Crippen molar-refractivity contribution >= 4 is 24.0 Å². The molecule has 0 amide bonds. The Bertz CT molecular complexity index is 13.5. The first-order valence-electron chi connectivity index (χ1n) is 0.816. The van der Waals surface area contributed by atoms with Crippen LogP contribution >= 0.6 is 24.0 Å². The van der Waals surface area contributed by atoms with Gasteiger partial charge in [0.2, 0.25) is 0 Å². The van der Waals surface area contributed by atoms with Crippen LogP contribution in [0.4, 0.5) is 0 Å². The van der Waals surface area contributed by atoms with E-state index in [1.165, 1.54) is 18.3 Å². The molecule has 0 aromatic rings. The molecule has 0 spiro atoms. The van der Waals surface area contributed by atoms with Gasteiger partial charge in [-0.15, -0.1) is 24.0 Å². The molecule has 0 aliphatic heterocycles. The third kappa shape index (κ3) is 11.3. The Morgan fingerprint density at radius 3 is 1.75 bits per heavy atom. The van der Waals surface area contributed by atoms with Gasteiger partial charge in [0.05, 0.1) is 0 Å². The van der Waals surface area contributed by atoms with E-state index >= 15 is 0 Å². The second kappa shape index (κ2) is 8.94. The van der Waals surface area contributed by atoms with Crippen LogP contribution in [0.25, 0.3) is 0 Å². The van der Waals surface area contributed by atoms with Gasteiger partial charge in [-0.2, -0.15) is 0 Å². The molecule has 0 aromatic carbocycles. The van der Waals surface area contributed by atoms with Crippen LogP contribution in [0.5, 0.6) is 0 Å². The Hall–Kier alpha value is 1.09. The van der Waals surface area contributed by atoms with Gasteiger partial charge in [-0.3, -0.25) is 0 Å². The number of hydrogen-bond donors (Lipinski definition) is 0. The normalized spacial score (nSPS) is 3.50. The van der Waals surface area contributed by atoms with Crippen LogP contribution in [0.2, 0.25) is 0 Å². The number of halogens is 1. The molecule has 4 heavy (non-hydrogen) atoms. The van der Waals surface area contributed by atoms with E-state index in [0.29, 0.717) is 0 Å². The van der Waals surface area contributed by atoms with Gasteiger partial charge in [-0.1, -0.05) is 0 Å². The summed E-state index contributed by atoms with van der Waals surface area (Å²) >= 11 is 1.21. The van der Waals surface area contributed by atoms with Gasteiger partial charge in [0.25, 0.3) is 0 Å². The van der Waals surface area contributed by atoms with Gasteiger partial charge in [-0.25, -0.2) is 0 Å². The molecule has 21 valence electrons. The Morgan fingerprint density at radius 2 is 1.75 bits per heavy atom. The van der Waals surface area contributed by atoms with Gasteiger partial charge in [0.15, 0.2) is 0 Å². The molecule has 0 heterocycles. The van der Waals surface area contributed by atoms with Crippen molar-refractivity contribution in [2.24, 2.45) is 0 Å². The molecule has 0 saturated heterocycles. The zero-order valence-electron chi connectivity index (χ0n) is 2.40. The minimum Gasteiger partial charge on any atom is -0.107 e. The smallest absolute Gasteiger partial charge is 0.107 e. The van der Waals surface area contributed by atoms with Crippen LogP contribution in [-0.2, 0) is 18.3 Å². The van der Waals surface area contributed by atoms with E-state index < -0.39 is 0 Å². The molecule has 0 rings (SSSR count). The van der Waals surface area contributed by atoms with Gasteiger partial charge in [-0.05, 0) is 0 Å². The molecule has 2 heteroatoms. The Kier molecular flexibility index (Phi) is 19.9. The van der Waals surface area contributed by atoms with Crippen molar-refractivity contribution in [3.8, 4) is 0 Å². The molecule has 0 bridgehead atoms. The largest absolute Gasteiger partial charge is 0.107 e. The van der Waals surface area contributed by atoms with Crippen LogP contribution in [0, 0.1) is 0 Å². The average Bonchev–Trinajstić information content (AvgIpc) is 0.918. The Labute approximate surface area is 53.4 Å². The summed E-state index contributed by atoms with van der Waals surface area (Å²) in [6.07, 6.45) is 0. The van der Waals surface area contributed by atoms with Crippen molar-refractivity contribution in [3.05, 3.63) is 11.2 Å². The minimum absolute atomic E-state index is 0. The molecule has 0 unspecified atom stereocenters. The molecule has 0 radical (unpaired) electrons. The molecule has 0 aromatic heterocycles. The quantitative estimate of drug-likeness (QED) is 0.426. The molecule has 0 atom stereocenters. The first kappa shape index (κ1) is 8.92. The molecule has 0 fully saturated rings. The van der Waals surface area contributed by atoms with E-state index in [9.17, 15) is 0 Å². The zero-order valence-corrected chi connectivity index (χ0v) is 7.70. The molecule has 0 aliphatic carbocycles. The standard InChI is InChI=1S/C2H3.HI.Zn/c1-2;;/h1H,2H2;1H;. The fraction of sp³-hybridized carbons (Fsp3) is 0. The monoisotopic (exact) mass is 219 g/mol. The van der Waals surface area contributed by atoms with Crippen molar-refractivity contribution in [3.63, 3.8) is 0 Å². The maximum absolute atomic E-state index is 3.42. The first-order valence-corrected chi connectivity index (χ1v) is 2.53. The van der Waals surface area contributed by atoms with Crippen LogP contribution in [0.15, 0.2) is 11.2 Å². The van der Waals surface area contributed by atoms with E-state index in [1.54, 1.807) is 0 Å². The van der Waals surface area contributed by atoms with Crippen LogP contribution in [-0.4, -0.2) is 0 Å². The average molecular weight is 220 g/mol. The van der Waals surface area contributed by atoms with Crippen LogP contribution < -0.4 is 0 Å². The van der Waals surface area contributed by atoms with Gasteiger partial charge >= 0.3 is 29.6 Å². The van der Waals surface area contributed by atoms with E-state index in [-0.39, 0.29) is 24.0 Å². The number of rotatable bonds is 0. The molecule has 0 saturated carbocycles. The Balaban J connectivity index is 0. The summed E-state index contributed by atoms with van der Waals surface area (Å²) in [5.74, 6) is 0. The Morgan fingerprint density at radius 1 is 1.75 bits per heavy atom. The molecular formula is C2H4IZn. The zero-order chi connectivity index (χ0) is 2.71. The van der Waals surface area contributed by atoms with E-state index in [4.69, 9.17) is 0 Å². The van der Waals surface area contributed by atoms with Crippen molar-refractivity contribution in [2.45, 2.75) is 0 Å². The summed E-state index contributed by atoms with van der Waals surface area (Å²) < 4.78 is 1.88. The summed E-state index contributed by atoms with van der Waals surface area (Å²) in [4.78, 5) is 0. The minimum atomic E-state index is 0. The maximum Gasteiger partial charge on any atom is -0.107 e. The third-order valence-corrected chi connectivity index (χ3v) is 0. The van der Waals surface area contributed by atoms with Gasteiger partial charge < -0.3 is 0 Å². The summed E-state index contributed by atoms with van der Waals surface area (Å²) in [5, 5.41) is 0. The van der Waals surface area contributed by atoms with Gasteiger partial charge in [0, 0.05) is 0 Å². The second-order valence-corrected chi connectivity index (χ2v) is 1.50. The van der Waals surface area contributed by atoms with E-state index in [2.05, 4.69) is 6.58 Å². The van der Waals surface area contributed by atoms with Crippen LogP contribution in [0.1, 0.15) is 0 Å². The van der Waals surface area contributed by atoms with Gasteiger partial charge in [0.1, 0.15) is 0 Å². The molecule has 0 aliphatic rings. The third-order valence-electron chi connectivity index (χ3n) is 0. The summed E-state index contributed by atoms with van der Waals surface area (Å²) in [7, 11) is 0. The van der Waals surface area contributed by atoms with Crippen molar-refractivity contribution in [1.29, 1.82) is 0 Å². The van der Waals surface area contributed by atoms with Crippen molar-refractivity contribution in [2.75, 3.05) is 0 Å². The predicted octanol–water partition coefficient (Wildman–Crippen LogP) is 1.29. The van der Waals surface area contributed by atoms with E-state index in [1.807, 2.05) is 4.67 Å². The fourth-order valence-electron chi connectivity index (χ4n) is 0. The van der Waals surface area contributed by atoms with E-state index in [0.717, 1.165) is 0 Å². The first-order chi connectivity index (χ1) is 1.41. The summed E-state index contributed by atoms with van der Waals surface area (Å²) in [6.45, 7) is 3.42. The molecule has 0 nitrogen and oxygen atoms in total. The van der Waals surface area contributed by atoms with Crippen molar-refractivity contribution < 1.29 is 18.3 Å². The maximum atomic E-state index is 3.42. The second-order valence-electron chi connectivity index (χ2n) is 0.289. The topological polar surface area (TPSA) is 0 Å². The molecular weight excluding hydrogens is 216 g/mol. The SMILES string of the molecule is C=[CH][Zn].I. The predicted molar refractivity (Wildman–Crippen MR) is 25.6 cm³/mol. The fourth-order valence-corrected chi connectivity index (χ4v) is 0. The summed E-state index contributed by atoms with van der Waals surface area (Å²) in [6, 6.07) is 0. The molecule has 0 N–H and O–H groups in total. The number of hydrogen-bond acceptors (Lipinski definition) is 0. The summed E-state index contributed by atoms with van der Waals surface area (Å²) in [5.41, 5.74) is 0.